The van der Waals surface area contributed by atoms with E-state index >= 15 is 0 Å². The highest BCUT2D eigenvalue weighted by molar-refractivity contribution is 5.97. The zero-order valence-corrected chi connectivity index (χ0v) is 12.9. The summed E-state index contributed by atoms with van der Waals surface area (Å²) in [5.41, 5.74) is 5.46. The molecule has 11 heteroatoms. The van der Waals surface area contributed by atoms with Crippen molar-refractivity contribution in [2.45, 2.75) is 18.5 Å². The molecule has 2 heterocycles. The molecule has 2 aliphatic rings. The number of carbonyl (C=O) groups excluding carboxylic acids is 2. The van der Waals surface area contributed by atoms with Crippen LogP contribution in [-0.2, 0) is 14.5 Å². The minimum Gasteiger partial charge on any atom is -0.465 e. The van der Waals surface area contributed by atoms with Gasteiger partial charge in [-0.2, -0.15) is 5.06 Å². The highest BCUT2D eigenvalue weighted by atomic mass is 16.7. The van der Waals surface area contributed by atoms with E-state index in [1.54, 1.807) is 0 Å². The van der Waals surface area contributed by atoms with E-state index in [2.05, 4.69) is 17.1 Å². The van der Waals surface area contributed by atoms with Gasteiger partial charge in [-0.05, 0) is 0 Å². The molecule has 2 fully saturated rings. The van der Waals surface area contributed by atoms with Crippen LogP contribution in [0, 0.1) is 0 Å². The van der Waals surface area contributed by atoms with Gasteiger partial charge in [-0.15, -0.1) is 6.58 Å². The predicted octanol–water partition coefficient (Wildman–Crippen LogP) is -0.892. The van der Waals surface area contributed by atoms with Crippen molar-refractivity contribution in [1.29, 1.82) is 0 Å². The SMILES string of the molecule is C=CCON1C(=O)N2C[C@H]1/C(=N\OCC(N)=O)C[C@H]2CNC(=O)O. The van der Waals surface area contributed by atoms with E-state index < -0.39 is 24.1 Å². The highest BCUT2D eigenvalue weighted by Gasteiger charge is 2.49. The maximum absolute atomic E-state index is 12.4. The monoisotopic (exact) mass is 341 g/mol. The fraction of sp³-hybridized carbons (Fsp3) is 0.538. The standard InChI is InChI=1S/C13H19N5O6/c1-2-3-24-18-10-6-17(13(18)22)8(5-15-12(20)21)4-9(10)16-23-7-11(14)19/h2,8,10,15H,1,3-7H2,(H2,14,19)(H,20,21)/b16-9-/t8-,10-/m0/s1. The van der Waals surface area contributed by atoms with Gasteiger partial charge in [0, 0.05) is 13.0 Å². The fourth-order valence-electron chi connectivity index (χ4n) is 2.57. The molecule has 0 saturated carbocycles. The number of hydrogen-bond donors (Lipinski definition) is 3. The van der Waals surface area contributed by atoms with Gasteiger partial charge < -0.3 is 25.9 Å². The first kappa shape index (κ1) is 17.5. The number of hydroxylamine groups is 2. The first-order chi connectivity index (χ1) is 11.4. The number of nitrogens with one attached hydrogen (secondary N) is 1. The van der Waals surface area contributed by atoms with E-state index in [9.17, 15) is 14.4 Å². The summed E-state index contributed by atoms with van der Waals surface area (Å²) >= 11 is 0. The fourth-order valence-corrected chi connectivity index (χ4v) is 2.57. The number of nitrogens with zero attached hydrogens (tertiary/aromatic N) is 3. The molecular weight excluding hydrogens is 322 g/mol. The molecule has 0 aromatic carbocycles. The topological polar surface area (TPSA) is 147 Å². The predicted molar refractivity (Wildman–Crippen MR) is 80.9 cm³/mol. The van der Waals surface area contributed by atoms with Crippen LogP contribution in [-0.4, -0.2) is 77.2 Å². The molecule has 11 nitrogen and oxygen atoms in total. The van der Waals surface area contributed by atoms with Gasteiger partial charge in [0.25, 0.3) is 5.91 Å². The number of piperidine rings is 1. The van der Waals surface area contributed by atoms with E-state index in [1.807, 2.05) is 0 Å². The van der Waals surface area contributed by atoms with Gasteiger partial charge in [0.15, 0.2) is 6.61 Å². The molecule has 2 saturated heterocycles. The van der Waals surface area contributed by atoms with Crippen molar-refractivity contribution in [2.75, 3.05) is 26.3 Å². The Kier molecular flexibility index (Phi) is 5.58. The van der Waals surface area contributed by atoms with E-state index in [4.69, 9.17) is 20.5 Å². The highest BCUT2D eigenvalue weighted by Crippen LogP contribution is 2.28. The lowest BCUT2D eigenvalue weighted by atomic mass is 9.98. The lowest BCUT2D eigenvalue weighted by Gasteiger charge is -2.30. The van der Waals surface area contributed by atoms with E-state index in [0.29, 0.717) is 5.71 Å². The largest absolute Gasteiger partial charge is 0.465 e. The number of hydrogen-bond acceptors (Lipinski definition) is 6. The molecule has 0 spiro atoms. The number of carboxylic acid groups (broad SMARTS) is 1. The third-order valence-corrected chi connectivity index (χ3v) is 3.57. The van der Waals surface area contributed by atoms with Crippen LogP contribution in [0.15, 0.2) is 17.8 Å². The average molecular weight is 341 g/mol. The smallest absolute Gasteiger partial charge is 0.404 e. The molecule has 2 aliphatic heterocycles. The van der Waals surface area contributed by atoms with Crippen LogP contribution in [0.4, 0.5) is 9.59 Å². The average Bonchev–Trinajstić information content (AvgIpc) is 2.79. The number of carbonyl (C=O) groups is 3. The van der Waals surface area contributed by atoms with Crippen molar-refractivity contribution < 1.29 is 29.2 Å². The number of amides is 4. The van der Waals surface area contributed by atoms with Crippen LogP contribution in [0.3, 0.4) is 0 Å². The number of primary amides is 1. The van der Waals surface area contributed by atoms with Crippen molar-refractivity contribution >= 4 is 23.7 Å². The first-order valence-electron chi connectivity index (χ1n) is 7.21. The Morgan fingerprint density at radius 1 is 1.54 bits per heavy atom. The first-order valence-corrected chi connectivity index (χ1v) is 7.21. The molecule has 0 aromatic rings. The molecule has 4 N–H and O–H groups in total. The molecule has 2 rings (SSSR count). The third-order valence-electron chi connectivity index (χ3n) is 3.57. The van der Waals surface area contributed by atoms with Crippen LogP contribution in [0.25, 0.3) is 0 Å². The Morgan fingerprint density at radius 2 is 2.29 bits per heavy atom. The number of fused-ring (bicyclic) bond motifs is 2. The van der Waals surface area contributed by atoms with Gasteiger partial charge in [0.2, 0.25) is 0 Å². The lowest BCUT2D eigenvalue weighted by molar-refractivity contribution is -0.122. The van der Waals surface area contributed by atoms with Gasteiger partial charge in [-0.1, -0.05) is 11.2 Å². The Morgan fingerprint density at radius 3 is 2.92 bits per heavy atom. The van der Waals surface area contributed by atoms with Crippen molar-refractivity contribution in [3.63, 3.8) is 0 Å². The van der Waals surface area contributed by atoms with Gasteiger partial charge in [-0.3, -0.25) is 9.63 Å². The van der Waals surface area contributed by atoms with E-state index in [-0.39, 0.29) is 38.8 Å². The van der Waals surface area contributed by atoms with Crippen LogP contribution < -0.4 is 11.1 Å². The van der Waals surface area contributed by atoms with Gasteiger partial charge in [0.1, 0.15) is 6.04 Å². The normalized spacial score (nSPS) is 24.2. The number of urea groups is 1. The van der Waals surface area contributed by atoms with Crippen molar-refractivity contribution in [3.8, 4) is 0 Å². The number of nitrogens with two attached hydrogens (primary N) is 1. The molecule has 132 valence electrons. The Labute approximate surface area is 137 Å². The number of rotatable bonds is 8. The summed E-state index contributed by atoms with van der Waals surface area (Å²) in [6, 6.07) is -1.30. The molecular formula is C13H19N5O6. The van der Waals surface area contributed by atoms with E-state index in [1.165, 1.54) is 11.0 Å². The number of oxime groups is 1. The van der Waals surface area contributed by atoms with Gasteiger partial charge in [0.05, 0.1) is 24.9 Å². The summed E-state index contributed by atoms with van der Waals surface area (Å²) in [7, 11) is 0. The molecule has 0 aliphatic carbocycles. The van der Waals surface area contributed by atoms with Gasteiger partial charge in [-0.25, -0.2) is 9.59 Å². The summed E-state index contributed by atoms with van der Waals surface area (Å²) in [4.78, 5) is 45.6. The molecule has 0 radical (unpaired) electrons. The Bertz CT molecular complexity index is 565. The molecule has 0 unspecified atom stereocenters. The lowest BCUT2D eigenvalue weighted by Crippen LogP contribution is -2.50. The minimum absolute atomic E-state index is 0.0396. The van der Waals surface area contributed by atoms with Crippen LogP contribution in [0.2, 0.25) is 0 Å². The summed E-state index contributed by atoms with van der Waals surface area (Å²) < 4.78 is 0. The minimum atomic E-state index is -1.19. The van der Waals surface area contributed by atoms with Gasteiger partial charge >= 0.3 is 12.1 Å². The Balaban J connectivity index is 2.15. The van der Waals surface area contributed by atoms with Crippen LogP contribution >= 0.6 is 0 Å². The summed E-state index contributed by atoms with van der Waals surface area (Å²) in [5, 5.41) is 16.0. The zero-order valence-electron chi connectivity index (χ0n) is 12.9. The Hall–Kier alpha value is -2.82. The van der Waals surface area contributed by atoms with Crippen LogP contribution in [0.1, 0.15) is 6.42 Å². The molecule has 2 atom stereocenters. The molecule has 4 amide bonds. The molecule has 0 aromatic heterocycles. The second-order valence-corrected chi connectivity index (χ2v) is 5.23. The summed E-state index contributed by atoms with van der Waals surface area (Å²) in [6.45, 7) is 3.58. The zero-order chi connectivity index (χ0) is 17.7. The van der Waals surface area contributed by atoms with Crippen molar-refractivity contribution in [3.05, 3.63) is 12.7 Å². The quantitative estimate of drug-likeness (QED) is 0.385. The second kappa shape index (κ2) is 7.64. The van der Waals surface area contributed by atoms with E-state index in [0.717, 1.165) is 5.06 Å². The summed E-state index contributed by atoms with van der Waals surface area (Å²) in [5.74, 6) is -0.678. The maximum Gasteiger partial charge on any atom is 0.404 e. The summed E-state index contributed by atoms with van der Waals surface area (Å²) in [6.07, 6.45) is 0.588. The molecule has 24 heavy (non-hydrogen) atoms. The van der Waals surface area contributed by atoms with Crippen LogP contribution in [0.5, 0.6) is 0 Å². The third kappa shape index (κ3) is 3.93. The van der Waals surface area contributed by atoms with Crippen molar-refractivity contribution in [1.82, 2.24) is 15.3 Å². The van der Waals surface area contributed by atoms with Crippen molar-refractivity contribution in [2.24, 2.45) is 10.9 Å². The second-order valence-electron chi connectivity index (χ2n) is 5.23. The maximum atomic E-state index is 12.4. The molecule has 2 bridgehead atoms.